The second-order valence-electron chi connectivity index (χ2n) is 12.1. The van der Waals surface area contributed by atoms with Crippen LogP contribution < -0.4 is 14.5 Å². The number of ether oxygens (including phenoxy) is 2. The van der Waals surface area contributed by atoms with Crippen molar-refractivity contribution in [3.8, 4) is 28.7 Å². The van der Waals surface area contributed by atoms with Gasteiger partial charge in [-0.25, -0.2) is 0 Å². The van der Waals surface area contributed by atoms with E-state index in [9.17, 15) is 25.2 Å². The molecule has 0 saturated heterocycles. The molecule has 0 radical (unpaired) electrons. The van der Waals surface area contributed by atoms with Crippen molar-refractivity contribution in [1.29, 1.82) is 0 Å². The maximum Gasteiger partial charge on any atom is 0.161 e. The van der Waals surface area contributed by atoms with Gasteiger partial charge in [-0.05, 0) is 104 Å². The highest BCUT2D eigenvalue weighted by Crippen LogP contribution is 2.34. The number of hydrogen-bond donors (Lipinski definition) is 4. The van der Waals surface area contributed by atoms with E-state index in [2.05, 4.69) is 4.98 Å². The van der Waals surface area contributed by atoms with Crippen LogP contribution in [0.5, 0.6) is 28.7 Å². The molecule has 8 heteroatoms. The number of carbonyl (C=O) groups is 1. The van der Waals surface area contributed by atoms with Crippen molar-refractivity contribution < 1.29 is 34.7 Å². The number of aromatic nitrogens is 1. The van der Waals surface area contributed by atoms with Crippen LogP contribution in [0.1, 0.15) is 66.7 Å². The molecular formula is C37H42NO7-. The maximum atomic E-state index is 14.0. The molecule has 3 atom stereocenters. The summed E-state index contributed by atoms with van der Waals surface area (Å²) in [5.41, 5.74) is 3.27. The topological polar surface area (TPSA) is 131 Å². The average molecular weight is 613 g/mol. The monoisotopic (exact) mass is 612 g/mol. The van der Waals surface area contributed by atoms with E-state index >= 15 is 0 Å². The molecule has 1 aliphatic carbocycles. The van der Waals surface area contributed by atoms with Crippen LogP contribution in [0.2, 0.25) is 0 Å². The number of benzene rings is 3. The molecule has 3 aromatic carbocycles. The number of methoxy groups -OCH3 is 1. The summed E-state index contributed by atoms with van der Waals surface area (Å²) in [4.78, 5) is 18.2. The number of Topliss-reactive ketones (excluding diaryl/α,β-unsaturated/α-hetero) is 1. The SMILES string of the molecule is COc1cc(CC(C(=O)CC(O)C(Cc2cc[n-]c2)Cc2ccc(O)c(OC3CCCCC3)c2)c2cccc(O)c2)ccc1O. The summed E-state index contributed by atoms with van der Waals surface area (Å²) in [5.74, 6) is -0.229. The standard InChI is InChI=1S/C37H42NO7/c1-44-36-19-25(11-12-32(36)40)18-31(27-6-5-7-29(39)21-27)35(43)22-34(42)28(17-26-14-15-38-23-26)16-24-10-13-33(41)37(20-24)45-30-8-3-2-4-9-30/h5-7,10-15,19-21,23,28,30-31,34,39-42H,2-4,8-9,16-18,22H2,1H3/q-1. The summed E-state index contributed by atoms with van der Waals surface area (Å²) in [6.07, 6.45) is 9.13. The first-order valence-electron chi connectivity index (χ1n) is 15.7. The van der Waals surface area contributed by atoms with Gasteiger partial charge in [0.2, 0.25) is 0 Å². The van der Waals surface area contributed by atoms with Gasteiger partial charge in [-0.15, -0.1) is 0 Å². The summed E-state index contributed by atoms with van der Waals surface area (Å²) in [6.45, 7) is 0. The molecule has 1 heterocycles. The van der Waals surface area contributed by atoms with E-state index in [4.69, 9.17) is 9.47 Å². The molecular weight excluding hydrogens is 570 g/mol. The first-order chi connectivity index (χ1) is 21.8. The number of phenols is 3. The van der Waals surface area contributed by atoms with Gasteiger partial charge in [0.15, 0.2) is 23.0 Å². The minimum absolute atomic E-state index is 0.00303. The Hall–Kier alpha value is -4.43. The van der Waals surface area contributed by atoms with Crippen molar-refractivity contribution in [3.63, 3.8) is 0 Å². The Morgan fingerprint density at radius 1 is 0.844 bits per heavy atom. The van der Waals surface area contributed by atoms with Gasteiger partial charge in [0.05, 0.1) is 19.3 Å². The maximum absolute atomic E-state index is 14.0. The normalized spacial score (nSPS) is 15.7. The van der Waals surface area contributed by atoms with Gasteiger partial charge in [0, 0.05) is 12.3 Å². The van der Waals surface area contributed by atoms with Gasteiger partial charge < -0.3 is 34.9 Å². The van der Waals surface area contributed by atoms with E-state index in [-0.39, 0.29) is 41.5 Å². The number of hydrogen-bond acceptors (Lipinski definition) is 7. The van der Waals surface area contributed by atoms with E-state index in [0.717, 1.165) is 42.4 Å². The average Bonchev–Trinajstić information content (AvgIpc) is 3.55. The fourth-order valence-electron chi connectivity index (χ4n) is 6.29. The van der Waals surface area contributed by atoms with Gasteiger partial charge in [-0.3, -0.25) is 4.79 Å². The quantitative estimate of drug-likeness (QED) is 0.132. The van der Waals surface area contributed by atoms with Crippen LogP contribution in [-0.4, -0.2) is 45.5 Å². The minimum atomic E-state index is -0.974. The molecule has 238 valence electrons. The number of ketones is 1. The molecule has 1 saturated carbocycles. The van der Waals surface area contributed by atoms with Crippen molar-refractivity contribution >= 4 is 5.78 Å². The van der Waals surface area contributed by atoms with E-state index < -0.39 is 12.0 Å². The molecule has 4 aromatic rings. The summed E-state index contributed by atoms with van der Waals surface area (Å²) in [7, 11) is 1.47. The van der Waals surface area contributed by atoms with E-state index in [1.807, 2.05) is 18.2 Å². The Morgan fingerprint density at radius 3 is 2.22 bits per heavy atom. The second-order valence-corrected chi connectivity index (χ2v) is 12.1. The lowest BCUT2D eigenvalue weighted by Gasteiger charge is -2.26. The number of phenolic OH excluding ortho intramolecular Hbond substituents is 3. The Bertz CT molecular complexity index is 1540. The highest BCUT2D eigenvalue weighted by molar-refractivity contribution is 5.86. The zero-order valence-electron chi connectivity index (χ0n) is 25.6. The van der Waals surface area contributed by atoms with Crippen molar-refractivity contribution in [1.82, 2.24) is 4.98 Å². The van der Waals surface area contributed by atoms with Crippen LogP contribution in [-0.2, 0) is 24.1 Å². The Morgan fingerprint density at radius 2 is 1.53 bits per heavy atom. The number of aliphatic hydroxyl groups excluding tert-OH is 1. The molecule has 3 unspecified atom stereocenters. The highest BCUT2D eigenvalue weighted by Gasteiger charge is 2.29. The highest BCUT2D eigenvalue weighted by atomic mass is 16.5. The molecule has 45 heavy (non-hydrogen) atoms. The van der Waals surface area contributed by atoms with Crippen LogP contribution >= 0.6 is 0 Å². The predicted octanol–water partition coefficient (Wildman–Crippen LogP) is 6.23. The molecule has 1 fully saturated rings. The molecule has 0 spiro atoms. The Kier molecular flexibility index (Phi) is 10.7. The smallest absolute Gasteiger partial charge is 0.161 e. The largest absolute Gasteiger partial charge is 0.670 e. The molecule has 1 aliphatic rings. The van der Waals surface area contributed by atoms with Gasteiger partial charge in [-0.1, -0.05) is 42.3 Å². The molecule has 0 aliphatic heterocycles. The van der Waals surface area contributed by atoms with Crippen LogP contribution in [0.15, 0.2) is 79.1 Å². The van der Waals surface area contributed by atoms with E-state index in [0.29, 0.717) is 36.3 Å². The number of aromatic hydroxyl groups is 3. The Balaban J connectivity index is 1.37. The summed E-state index contributed by atoms with van der Waals surface area (Å²) in [5, 5.41) is 42.4. The van der Waals surface area contributed by atoms with E-state index in [1.165, 1.54) is 19.6 Å². The van der Waals surface area contributed by atoms with Gasteiger partial charge >= 0.3 is 0 Å². The van der Waals surface area contributed by atoms with Crippen molar-refractivity contribution in [2.75, 3.05) is 7.11 Å². The molecule has 5 rings (SSSR count). The first kappa shape index (κ1) is 32.0. The first-order valence-corrected chi connectivity index (χ1v) is 15.7. The Labute approximate surface area is 264 Å². The van der Waals surface area contributed by atoms with Crippen molar-refractivity contribution in [2.45, 2.75) is 75.9 Å². The third-order valence-electron chi connectivity index (χ3n) is 8.78. The minimum Gasteiger partial charge on any atom is -0.670 e. The van der Waals surface area contributed by atoms with Crippen LogP contribution in [0.4, 0.5) is 0 Å². The van der Waals surface area contributed by atoms with Crippen molar-refractivity contribution in [3.05, 3.63) is 101 Å². The zero-order chi connectivity index (χ0) is 31.8. The second kappa shape index (κ2) is 15.0. The third kappa shape index (κ3) is 8.60. The summed E-state index contributed by atoms with van der Waals surface area (Å²) >= 11 is 0. The third-order valence-corrected chi connectivity index (χ3v) is 8.78. The molecule has 8 nitrogen and oxygen atoms in total. The van der Waals surface area contributed by atoms with Crippen LogP contribution in [0.3, 0.4) is 0 Å². The number of rotatable bonds is 14. The lowest BCUT2D eigenvalue weighted by molar-refractivity contribution is -0.123. The summed E-state index contributed by atoms with van der Waals surface area (Å²) < 4.78 is 11.5. The van der Waals surface area contributed by atoms with Gasteiger partial charge in [0.1, 0.15) is 11.5 Å². The molecule has 0 bridgehead atoms. The molecule has 1 aromatic heterocycles. The van der Waals surface area contributed by atoms with Gasteiger partial charge in [-0.2, -0.15) is 12.4 Å². The fraction of sp³-hybridized carbons (Fsp3) is 0.378. The number of aliphatic hydroxyl groups is 1. The fourth-order valence-corrected chi connectivity index (χ4v) is 6.29. The predicted molar refractivity (Wildman–Crippen MR) is 171 cm³/mol. The molecule has 0 amide bonds. The lowest BCUT2D eigenvalue weighted by Crippen LogP contribution is -2.30. The lowest BCUT2D eigenvalue weighted by atomic mass is 9.81. The number of carbonyl (C=O) groups excluding carboxylic acids is 1. The van der Waals surface area contributed by atoms with Crippen molar-refractivity contribution in [2.24, 2.45) is 5.92 Å². The zero-order valence-corrected chi connectivity index (χ0v) is 25.6. The van der Waals surface area contributed by atoms with Gasteiger partial charge in [0.25, 0.3) is 0 Å². The number of nitrogens with zero attached hydrogens (tertiary/aromatic N) is 1. The summed E-state index contributed by atoms with van der Waals surface area (Å²) in [6, 6.07) is 18.8. The van der Waals surface area contributed by atoms with Crippen LogP contribution in [0, 0.1) is 5.92 Å². The van der Waals surface area contributed by atoms with E-state index in [1.54, 1.807) is 54.9 Å². The van der Waals surface area contributed by atoms with Crippen LogP contribution in [0.25, 0.3) is 0 Å². The molecule has 4 N–H and O–H groups in total.